The van der Waals surface area contributed by atoms with Crippen molar-refractivity contribution in [3.63, 3.8) is 0 Å². The fourth-order valence-electron chi connectivity index (χ4n) is 3.03. The number of nitrogens with zero attached hydrogens (tertiary/aromatic N) is 1. The number of amides is 1. The number of rotatable bonds is 4. The van der Waals surface area contributed by atoms with Crippen molar-refractivity contribution in [2.45, 2.75) is 38.6 Å². The third-order valence-corrected chi connectivity index (χ3v) is 4.93. The SMILES string of the molecule is Cc1ccc(C(=O)N(CC2CCCNC2)C2CC2)cc1Cl. The maximum Gasteiger partial charge on any atom is 0.254 e. The number of nitrogens with one attached hydrogen (secondary N) is 1. The van der Waals surface area contributed by atoms with Gasteiger partial charge in [-0.1, -0.05) is 17.7 Å². The van der Waals surface area contributed by atoms with E-state index in [1.165, 1.54) is 12.8 Å². The monoisotopic (exact) mass is 306 g/mol. The Bertz CT molecular complexity index is 522. The molecule has 21 heavy (non-hydrogen) atoms. The van der Waals surface area contributed by atoms with Gasteiger partial charge < -0.3 is 10.2 Å². The first-order chi connectivity index (χ1) is 10.1. The number of hydrogen-bond donors (Lipinski definition) is 1. The second kappa shape index (κ2) is 6.37. The zero-order valence-corrected chi connectivity index (χ0v) is 13.3. The highest BCUT2D eigenvalue weighted by atomic mass is 35.5. The van der Waals surface area contributed by atoms with E-state index in [1.807, 2.05) is 25.1 Å². The van der Waals surface area contributed by atoms with Crippen LogP contribution in [0.25, 0.3) is 0 Å². The van der Waals surface area contributed by atoms with Crippen LogP contribution < -0.4 is 5.32 Å². The normalized spacial score (nSPS) is 22.1. The number of benzene rings is 1. The van der Waals surface area contributed by atoms with Crippen LogP contribution >= 0.6 is 11.6 Å². The Kier molecular flexibility index (Phi) is 4.51. The highest BCUT2D eigenvalue weighted by Gasteiger charge is 2.34. The van der Waals surface area contributed by atoms with Crippen molar-refractivity contribution in [2.75, 3.05) is 19.6 Å². The molecule has 2 fully saturated rings. The molecular weight excluding hydrogens is 284 g/mol. The average Bonchev–Trinajstić information content (AvgIpc) is 3.33. The molecule has 0 aromatic heterocycles. The van der Waals surface area contributed by atoms with Gasteiger partial charge in [0.1, 0.15) is 0 Å². The quantitative estimate of drug-likeness (QED) is 0.926. The van der Waals surface area contributed by atoms with Crippen LogP contribution in [0.5, 0.6) is 0 Å². The number of carbonyl (C=O) groups is 1. The second-order valence-electron chi connectivity index (χ2n) is 6.37. The highest BCUT2D eigenvalue weighted by molar-refractivity contribution is 6.31. The summed E-state index contributed by atoms with van der Waals surface area (Å²) < 4.78 is 0. The molecule has 2 aliphatic rings. The van der Waals surface area contributed by atoms with Gasteiger partial charge in [0.25, 0.3) is 5.91 Å². The van der Waals surface area contributed by atoms with Crippen molar-refractivity contribution in [1.29, 1.82) is 0 Å². The number of hydrogen-bond acceptors (Lipinski definition) is 2. The lowest BCUT2D eigenvalue weighted by Gasteiger charge is -2.30. The van der Waals surface area contributed by atoms with Gasteiger partial charge in [0.15, 0.2) is 0 Å². The molecular formula is C17H23ClN2O. The molecule has 0 bridgehead atoms. The number of piperidine rings is 1. The van der Waals surface area contributed by atoms with E-state index in [2.05, 4.69) is 10.2 Å². The molecule has 1 heterocycles. The van der Waals surface area contributed by atoms with Gasteiger partial charge in [0.05, 0.1) is 0 Å². The number of halogens is 1. The summed E-state index contributed by atoms with van der Waals surface area (Å²) in [5.41, 5.74) is 1.74. The third kappa shape index (κ3) is 3.58. The topological polar surface area (TPSA) is 32.3 Å². The molecule has 0 spiro atoms. The van der Waals surface area contributed by atoms with Gasteiger partial charge in [-0.25, -0.2) is 0 Å². The molecule has 1 aliphatic carbocycles. The number of carbonyl (C=O) groups excluding carboxylic acids is 1. The van der Waals surface area contributed by atoms with Gasteiger partial charge in [-0.2, -0.15) is 0 Å². The van der Waals surface area contributed by atoms with E-state index in [-0.39, 0.29) is 5.91 Å². The summed E-state index contributed by atoms with van der Waals surface area (Å²) in [7, 11) is 0. The van der Waals surface area contributed by atoms with Crippen molar-refractivity contribution < 1.29 is 4.79 Å². The van der Waals surface area contributed by atoms with Crippen molar-refractivity contribution in [3.8, 4) is 0 Å². The molecule has 1 N–H and O–H groups in total. The van der Waals surface area contributed by atoms with E-state index in [0.29, 0.717) is 17.0 Å². The van der Waals surface area contributed by atoms with Crippen molar-refractivity contribution in [2.24, 2.45) is 5.92 Å². The van der Waals surface area contributed by atoms with Crippen LogP contribution in [0.2, 0.25) is 5.02 Å². The van der Waals surface area contributed by atoms with Gasteiger partial charge in [0.2, 0.25) is 0 Å². The van der Waals surface area contributed by atoms with Gasteiger partial charge >= 0.3 is 0 Å². The molecule has 1 amide bonds. The molecule has 4 heteroatoms. The van der Waals surface area contributed by atoms with Gasteiger partial charge in [0, 0.05) is 23.2 Å². The van der Waals surface area contributed by atoms with Gasteiger partial charge in [-0.3, -0.25) is 4.79 Å². The molecule has 1 saturated heterocycles. The molecule has 0 radical (unpaired) electrons. The molecule has 1 aromatic carbocycles. The molecule has 3 rings (SSSR count). The summed E-state index contributed by atoms with van der Waals surface area (Å²) in [6.45, 7) is 4.98. The molecule has 1 atom stereocenters. The van der Waals surface area contributed by atoms with Crippen LogP contribution in [0.15, 0.2) is 18.2 Å². The average molecular weight is 307 g/mol. The van der Waals surface area contributed by atoms with E-state index in [4.69, 9.17) is 11.6 Å². The first-order valence-electron chi connectivity index (χ1n) is 7.93. The van der Waals surface area contributed by atoms with Crippen LogP contribution in [-0.2, 0) is 0 Å². The van der Waals surface area contributed by atoms with Crippen molar-refractivity contribution in [1.82, 2.24) is 10.2 Å². The van der Waals surface area contributed by atoms with Crippen LogP contribution in [0.4, 0.5) is 0 Å². The fourth-order valence-corrected chi connectivity index (χ4v) is 3.21. The smallest absolute Gasteiger partial charge is 0.254 e. The molecule has 1 aromatic rings. The van der Waals surface area contributed by atoms with Crippen LogP contribution in [-0.4, -0.2) is 36.5 Å². The van der Waals surface area contributed by atoms with E-state index < -0.39 is 0 Å². The molecule has 3 nitrogen and oxygen atoms in total. The lowest BCUT2D eigenvalue weighted by atomic mass is 9.98. The predicted molar refractivity (Wildman–Crippen MR) is 85.8 cm³/mol. The Hall–Kier alpha value is -1.06. The van der Waals surface area contributed by atoms with Crippen LogP contribution in [0.1, 0.15) is 41.6 Å². The van der Waals surface area contributed by atoms with Crippen molar-refractivity contribution in [3.05, 3.63) is 34.3 Å². The third-order valence-electron chi connectivity index (χ3n) is 4.52. The Morgan fingerprint density at radius 2 is 2.19 bits per heavy atom. The summed E-state index contributed by atoms with van der Waals surface area (Å²) in [4.78, 5) is 14.9. The highest BCUT2D eigenvalue weighted by Crippen LogP contribution is 2.30. The van der Waals surface area contributed by atoms with E-state index in [1.54, 1.807) is 0 Å². The zero-order chi connectivity index (χ0) is 14.8. The van der Waals surface area contributed by atoms with E-state index >= 15 is 0 Å². The lowest BCUT2D eigenvalue weighted by molar-refractivity contribution is 0.0704. The molecule has 1 saturated carbocycles. The molecule has 1 aliphatic heterocycles. The van der Waals surface area contributed by atoms with Gasteiger partial charge in [-0.15, -0.1) is 0 Å². The Balaban J connectivity index is 1.73. The summed E-state index contributed by atoms with van der Waals surface area (Å²) in [6, 6.07) is 6.09. The minimum atomic E-state index is 0.143. The first kappa shape index (κ1) is 14.9. The molecule has 114 valence electrons. The van der Waals surface area contributed by atoms with E-state index in [0.717, 1.165) is 43.6 Å². The predicted octanol–water partition coefficient (Wildman–Crippen LogP) is 3.25. The van der Waals surface area contributed by atoms with E-state index in [9.17, 15) is 4.79 Å². The van der Waals surface area contributed by atoms with Gasteiger partial charge in [-0.05, 0) is 69.3 Å². The lowest BCUT2D eigenvalue weighted by Crippen LogP contribution is -2.42. The fraction of sp³-hybridized carbons (Fsp3) is 0.588. The first-order valence-corrected chi connectivity index (χ1v) is 8.31. The largest absolute Gasteiger partial charge is 0.335 e. The minimum Gasteiger partial charge on any atom is -0.335 e. The summed E-state index contributed by atoms with van der Waals surface area (Å²) in [5, 5.41) is 4.11. The Morgan fingerprint density at radius 1 is 1.38 bits per heavy atom. The standard InChI is InChI=1S/C17H23ClN2O/c1-12-4-5-14(9-16(12)18)17(21)20(15-6-7-15)11-13-3-2-8-19-10-13/h4-5,9,13,15,19H,2-3,6-8,10-11H2,1H3. The second-order valence-corrected chi connectivity index (χ2v) is 6.77. The Morgan fingerprint density at radius 3 is 2.81 bits per heavy atom. The van der Waals surface area contributed by atoms with Crippen molar-refractivity contribution >= 4 is 17.5 Å². The molecule has 1 unspecified atom stereocenters. The zero-order valence-electron chi connectivity index (χ0n) is 12.6. The maximum absolute atomic E-state index is 12.8. The summed E-state index contributed by atoms with van der Waals surface area (Å²) >= 11 is 6.17. The van der Waals surface area contributed by atoms with Crippen LogP contribution in [0, 0.1) is 12.8 Å². The Labute approximate surface area is 131 Å². The number of aryl methyl sites for hydroxylation is 1. The minimum absolute atomic E-state index is 0.143. The summed E-state index contributed by atoms with van der Waals surface area (Å²) in [5.74, 6) is 0.731. The van der Waals surface area contributed by atoms with Crippen LogP contribution in [0.3, 0.4) is 0 Å². The summed E-state index contributed by atoms with van der Waals surface area (Å²) in [6.07, 6.45) is 4.73. The maximum atomic E-state index is 12.8.